The standard InChI is InChI=1S/C6H7N3/c7-5-2-4-9-6(5)1-3-8-9/h1-4,8H,7H2. The summed E-state index contributed by atoms with van der Waals surface area (Å²) in [4.78, 5) is 0. The van der Waals surface area contributed by atoms with E-state index in [-0.39, 0.29) is 0 Å². The number of hydrogen-bond acceptors (Lipinski definition) is 1. The number of aromatic amines is 1. The van der Waals surface area contributed by atoms with E-state index < -0.39 is 0 Å². The maximum absolute atomic E-state index is 5.58. The zero-order valence-corrected chi connectivity index (χ0v) is 4.83. The van der Waals surface area contributed by atoms with E-state index in [0.717, 1.165) is 11.2 Å². The fourth-order valence-electron chi connectivity index (χ4n) is 0.945. The number of aromatic nitrogens is 2. The van der Waals surface area contributed by atoms with E-state index in [1.165, 1.54) is 0 Å². The molecule has 2 aromatic rings. The molecule has 0 aliphatic heterocycles. The number of nitrogens with zero attached hydrogens (tertiary/aromatic N) is 1. The number of rotatable bonds is 0. The van der Waals surface area contributed by atoms with Gasteiger partial charge in [-0.2, -0.15) is 0 Å². The Labute approximate surface area is 52.1 Å². The van der Waals surface area contributed by atoms with Crippen molar-refractivity contribution in [1.29, 1.82) is 0 Å². The predicted molar refractivity (Wildman–Crippen MR) is 36.2 cm³/mol. The van der Waals surface area contributed by atoms with Crippen LogP contribution in [0, 0.1) is 0 Å². The molecule has 0 fully saturated rings. The first-order valence-corrected chi connectivity index (χ1v) is 2.78. The van der Waals surface area contributed by atoms with Gasteiger partial charge in [0.05, 0.1) is 11.2 Å². The number of H-pyrrole nitrogens is 1. The first-order chi connectivity index (χ1) is 4.38. The minimum absolute atomic E-state index is 0.816. The number of fused-ring (bicyclic) bond motifs is 1. The van der Waals surface area contributed by atoms with E-state index in [1.807, 2.05) is 29.0 Å². The Kier molecular flexibility index (Phi) is 0.656. The molecule has 0 bridgehead atoms. The van der Waals surface area contributed by atoms with Gasteiger partial charge in [0.2, 0.25) is 0 Å². The lowest BCUT2D eigenvalue weighted by molar-refractivity contribution is 0.977. The molecule has 3 nitrogen and oxygen atoms in total. The summed E-state index contributed by atoms with van der Waals surface area (Å²) in [6.45, 7) is 0. The van der Waals surface area contributed by atoms with Crippen LogP contribution in [0.3, 0.4) is 0 Å². The largest absolute Gasteiger partial charge is 0.397 e. The first kappa shape index (κ1) is 4.49. The van der Waals surface area contributed by atoms with E-state index in [4.69, 9.17) is 5.73 Å². The molecule has 2 aromatic heterocycles. The quantitative estimate of drug-likeness (QED) is 0.533. The van der Waals surface area contributed by atoms with Gasteiger partial charge < -0.3 is 10.8 Å². The van der Waals surface area contributed by atoms with Crippen molar-refractivity contribution in [2.24, 2.45) is 0 Å². The average molecular weight is 121 g/mol. The average Bonchev–Trinajstić information content (AvgIpc) is 2.35. The van der Waals surface area contributed by atoms with Crippen LogP contribution in [0.5, 0.6) is 0 Å². The van der Waals surface area contributed by atoms with Gasteiger partial charge in [0.1, 0.15) is 0 Å². The fraction of sp³-hybridized carbons (Fsp3) is 0. The molecule has 0 saturated heterocycles. The second-order valence-electron chi connectivity index (χ2n) is 1.99. The molecule has 0 atom stereocenters. The molecule has 46 valence electrons. The molecule has 0 aliphatic rings. The van der Waals surface area contributed by atoms with Gasteiger partial charge in [-0.15, -0.1) is 0 Å². The Morgan fingerprint density at radius 3 is 3.11 bits per heavy atom. The van der Waals surface area contributed by atoms with Crippen LogP contribution in [-0.4, -0.2) is 9.61 Å². The molecule has 0 radical (unpaired) electrons. The molecule has 0 amide bonds. The van der Waals surface area contributed by atoms with E-state index >= 15 is 0 Å². The molecule has 2 heterocycles. The van der Waals surface area contributed by atoms with Crippen molar-refractivity contribution in [3.05, 3.63) is 24.5 Å². The Morgan fingerprint density at radius 1 is 1.44 bits per heavy atom. The molecule has 0 saturated carbocycles. The summed E-state index contributed by atoms with van der Waals surface area (Å²) in [6, 6.07) is 3.81. The molecule has 3 N–H and O–H groups in total. The summed E-state index contributed by atoms with van der Waals surface area (Å²) in [5.41, 5.74) is 7.43. The monoisotopic (exact) mass is 121 g/mol. The van der Waals surface area contributed by atoms with Crippen LogP contribution in [0.4, 0.5) is 5.69 Å². The minimum Gasteiger partial charge on any atom is -0.397 e. The molecule has 3 heteroatoms. The Balaban J connectivity index is 2.99. The number of anilines is 1. The Morgan fingerprint density at radius 2 is 2.33 bits per heavy atom. The van der Waals surface area contributed by atoms with E-state index in [0.29, 0.717) is 0 Å². The van der Waals surface area contributed by atoms with Gasteiger partial charge in [-0.1, -0.05) is 0 Å². The summed E-state index contributed by atoms with van der Waals surface area (Å²) < 4.78 is 1.87. The summed E-state index contributed by atoms with van der Waals surface area (Å²) in [7, 11) is 0. The number of hydrogen-bond donors (Lipinski definition) is 2. The number of nitrogen functional groups attached to an aromatic ring is 1. The summed E-state index contributed by atoms with van der Waals surface area (Å²) in [6.07, 6.45) is 3.75. The van der Waals surface area contributed by atoms with Crippen LogP contribution >= 0.6 is 0 Å². The van der Waals surface area contributed by atoms with E-state index in [9.17, 15) is 0 Å². The normalized spacial score (nSPS) is 10.7. The van der Waals surface area contributed by atoms with Crippen LogP contribution in [0.25, 0.3) is 5.52 Å². The van der Waals surface area contributed by atoms with Gasteiger partial charge in [0.25, 0.3) is 0 Å². The summed E-state index contributed by atoms with van der Waals surface area (Å²) in [5, 5.41) is 2.98. The Bertz CT molecular complexity index is 317. The molecule has 9 heavy (non-hydrogen) atoms. The minimum atomic E-state index is 0.816. The van der Waals surface area contributed by atoms with Crippen molar-refractivity contribution in [2.45, 2.75) is 0 Å². The van der Waals surface area contributed by atoms with Gasteiger partial charge in [0, 0.05) is 12.4 Å². The number of nitrogens with one attached hydrogen (secondary N) is 1. The van der Waals surface area contributed by atoms with Crippen molar-refractivity contribution in [2.75, 3.05) is 5.73 Å². The summed E-state index contributed by atoms with van der Waals surface area (Å²) >= 11 is 0. The van der Waals surface area contributed by atoms with Crippen molar-refractivity contribution in [3.63, 3.8) is 0 Å². The number of nitrogens with two attached hydrogens (primary N) is 1. The van der Waals surface area contributed by atoms with Crippen LogP contribution in [-0.2, 0) is 0 Å². The molecular weight excluding hydrogens is 114 g/mol. The topological polar surface area (TPSA) is 46.2 Å². The molecule has 2 rings (SSSR count). The van der Waals surface area contributed by atoms with Gasteiger partial charge in [-0.3, -0.25) is 4.52 Å². The van der Waals surface area contributed by atoms with Crippen LogP contribution in [0.1, 0.15) is 0 Å². The van der Waals surface area contributed by atoms with E-state index in [1.54, 1.807) is 0 Å². The van der Waals surface area contributed by atoms with Crippen molar-refractivity contribution in [3.8, 4) is 0 Å². The lowest BCUT2D eigenvalue weighted by atomic mass is 10.4. The molecule has 0 unspecified atom stereocenters. The molecular formula is C6H7N3. The van der Waals surface area contributed by atoms with E-state index in [2.05, 4.69) is 5.10 Å². The maximum atomic E-state index is 5.58. The molecule has 0 aromatic carbocycles. The van der Waals surface area contributed by atoms with Crippen LogP contribution in [0.2, 0.25) is 0 Å². The second-order valence-corrected chi connectivity index (χ2v) is 1.99. The van der Waals surface area contributed by atoms with Crippen LogP contribution < -0.4 is 5.73 Å². The summed E-state index contributed by atoms with van der Waals surface area (Å²) in [5.74, 6) is 0. The maximum Gasteiger partial charge on any atom is 0.0868 e. The van der Waals surface area contributed by atoms with Crippen molar-refractivity contribution >= 4 is 11.2 Å². The van der Waals surface area contributed by atoms with Gasteiger partial charge in [0.15, 0.2) is 0 Å². The lowest BCUT2D eigenvalue weighted by Crippen LogP contribution is -1.80. The van der Waals surface area contributed by atoms with Crippen molar-refractivity contribution in [1.82, 2.24) is 9.61 Å². The molecule has 0 aliphatic carbocycles. The SMILES string of the molecule is Nc1ccn2[nH]ccc12. The highest BCUT2D eigenvalue weighted by molar-refractivity contribution is 5.69. The molecule has 0 spiro atoms. The zero-order valence-electron chi connectivity index (χ0n) is 4.83. The van der Waals surface area contributed by atoms with Crippen LogP contribution in [0.15, 0.2) is 24.5 Å². The first-order valence-electron chi connectivity index (χ1n) is 2.78. The lowest BCUT2D eigenvalue weighted by Gasteiger charge is -1.81. The van der Waals surface area contributed by atoms with Crippen molar-refractivity contribution < 1.29 is 0 Å². The highest BCUT2D eigenvalue weighted by Crippen LogP contribution is 2.11. The smallest absolute Gasteiger partial charge is 0.0868 e. The van der Waals surface area contributed by atoms with Gasteiger partial charge in [-0.25, -0.2) is 0 Å². The highest BCUT2D eigenvalue weighted by Gasteiger charge is 1.94. The van der Waals surface area contributed by atoms with Gasteiger partial charge in [-0.05, 0) is 12.1 Å². The Hall–Kier alpha value is -1.38. The third-order valence-corrected chi connectivity index (χ3v) is 1.41. The fourth-order valence-corrected chi connectivity index (χ4v) is 0.945. The second kappa shape index (κ2) is 1.31. The zero-order chi connectivity index (χ0) is 6.27. The van der Waals surface area contributed by atoms with Gasteiger partial charge >= 0.3 is 0 Å². The highest BCUT2D eigenvalue weighted by atomic mass is 15.2. The predicted octanol–water partition coefficient (Wildman–Crippen LogP) is 0.850. The third-order valence-electron chi connectivity index (χ3n) is 1.41. The third kappa shape index (κ3) is 0.455.